The fraction of sp³-hybridized carbons (Fsp3) is 0.462. The van der Waals surface area contributed by atoms with E-state index in [0.29, 0.717) is 5.56 Å². The summed E-state index contributed by atoms with van der Waals surface area (Å²) in [6, 6.07) is 4.73. The number of halogens is 10. The van der Waals surface area contributed by atoms with Crippen molar-refractivity contribution >= 4 is 116 Å². The number of hydrogen-bond donors (Lipinski definition) is 0. The summed E-state index contributed by atoms with van der Waals surface area (Å²) in [5.74, 6) is 0.732. The van der Waals surface area contributed by atoms with Gasteiger partial charge in [0.15, 0.2) is 8.67 Å². The smallest absolute Gasteiger partial charge is 0.0915 e. The molecule has 0 aromatic heterocycles. The maximum atomic E-state index is 6.29. The predicted molar refractivity (Wildman–Crippen MR) is 107 cm³/mol. The summed E-state index contributed by atoms with van der Waals surface area (Å²) in [5.41, 5.74) is 0.997. The maximum absolute atomic E-state index is 6.29. The maximum Gasteiger partial charge on any atom is 0.227 e. The quantitative estimate of drug-likeness (QED) is 0.351. The van der Waals surface area contributed by atoms with Crippen LogP contribution in [0.5, 0.6) is 0 Å². The summed E-state index contributed by atoms with van der Waals surface area (Å²) in [7, 11) is 0. The summed E-state index contributed by atoms with van der Waals surface area (Å²) in [5, 5.41) is 0. The minimum atomic E-state index is -2.03. The van der Waals surface area contributed by atoms with Crippen LogP contribution in [0.2, 0.25) is 0 Å². The fourth-order valence-corrected chi connectivity index (χ4v) is 3.16. The van der Waals surface area contributed by atoms with E-state index in [4.69, 9.17) is 116 Å². The monoisotopic (exact) mass is 515 g/mol. The summed E-state index contributed by atoms with van der Waals surface area (Å²) in [6.45, 7) is 3.54. The summed E-state index contributed by atoms with van der Waals surface area (Å²) < 4.78 is -7.84. The molecule has 131 valence electrons. The second-order valence-electron chi connectivity index (χ2n) is 4.87. The van der Waals surface area contributed by atoms with Crippen molar-refractivity contribution in [2.24, 2.45) is 0 Å². The van der Waals surface area contributed by atoms with Crippen molar-refractivity contribution in [3.63, 3.8) is 0 Å². The lowest BCUT2D eigenvalue weighted by Gasteiger charge is -2.35. The molecule has 0 fully saturated rings. The molecule has 1 radical (unpaired) electrons. The van der Waals surface area contributed by atoms with E-state index in [1.54, 1.807) is 32.0 Å². The van der Waals surface area contributed by atoms with Gasteiger partial charge in [0.2, 0.25) is 7.59 Å². The van der Waals surface area contributed by atoms with Crippen molar-refractivity contribution in [3.8, 4) is 0 Å². The number of hydrogen-bond acceptors (Lipinski definition) is 0. The van der Waals surface area contributed by atoms with Gasteiger partial charge < -0.3 is 0 Å². The highest BCUT2D eigenvalue weighted by atomic mass is 35.6. The van der Waals surface area contributed by atoms with Crippen molar-refractivity contribution in [3.05, 3.63) is 40.8 Å². The van der Waals surface area contributed by atoms with E-state index < -0.39 is 16.3 Å². The largest absolute Gasteiger partial charge is 0.227 e. The third-order valence-electron chi connectivity index (χ3n) is 2.95. The van der Waals surface area contributed by atoms with E-state index in [0.717, 1.165) is 5.92 Å². The lowest BCUT2D eigenvalue weighted by Crippen LogP contribution is -2.34. The molecule has 0 heterocycles. The van der Waals surface area contributed by atoms with Gasteiger partial charge in [0.25, 0.3) is 0 Å². The molecule has 0 atom stereocenters. The van der Waals surface area contributed by atoms with Gasteiger partial charge in [0, 0.05) is 0 Å². The van der Waals surface area contributed by atoms with Crippen LogP contribution in [0.15, 0.2) is 18.2 Å². The molecule has 0 amide bonds. The van der Waals surface area contributed by atoms with Gasteiger partial charge in [-0.25, -0.2) is 0 Å². The molecular formula is C13H9Cl10. The Labute approximate surface area is 185 Å². The molecule has 0 aliphatic carbocycles. The average molecular weight is 520 g/mol. The molecule has 23 heavy (non-hydrogen) atoms. The summed E-state index contributed by atoms with van der Waals surface area (Å²) in [6.07, 6.45) is 0. The highest BCUT2D eigenvalue weighted by Gasteiger charge is 2.52. The molecule has 1 aromatic rings. The molecule has 0 unspecified atom stereocenters. The Morgan fingerprint density at radius 3 is 1.17 bits per heavy atom. The molecule has 0 N–H and O–H groups in total. The number of alkyl halides is 10. The van der Waals surface area contributed by atoms with Crippen molar-refractivity contribution in [2.45, 2.75) is 30.1 Å². The molecule has 10 heteroatoms. The van der Waals surface area contributed by atoms with Crippen LogP contribution < -0.4 is 0 Å². The molecule has 0 aliphatic heterocycles. The molecule has 1 aromatic carbocycles. The Morgan fingerprint density at radius 1 is 0.652 bits per heavy atom. The zero-order valence-corrected chi connectivity index (χ0v) is 19.1. The molecule has 0 saturated carbocycles. The van der Waals surface area contributed by atoms with E-state index >= 15 is 0 Å². The first-order chi connectivity index (χ1) is 10.0. The minimum Gasteiger partial charge on any atom is -0.0915 e. The second kappa shape index (κ2) is 7.63. The number of rotatable bonds is 3. The predicted octanol–water partition coefficient (Wildman–Crippen LogP) is 8.65. The van der Waals surface area contributed by atoms with Crippen LogP contribution in [0.1, 0.15) is 30.5 Å². The van der Waals surface area contributed by atoms with Gasteiger partial charge in [-0.05, 0) is 22.6 Å². The lowest BCUT2D eigenvalue weighted by atomic mass is 9.89. The van der Waals surface area contributed by atoms with Crippen molar-refractivity contribution in [2.75, 3.05) is 0 Å². The molecule has 1 rings (SSSR count). The molecule has 0 aliphatic rings. The van der Waals surface area contributed by atoms with Gasteiger partial charge in [-0.2, -0.15) is 0 Å². The SMILES string of the molecule is C[C](C)c1c(C(Cl)(Cl)C(Cl)(Cl)Cl)cccc1C(Cl)(Cl)C(Cl)(Cl)Cl. The molecule has 0 saturated heterocycles. The van der Waals surface area contributed by atoms with E-state index in [1.807, 2.05) is 0 Å². The van der Waals surface area contributed by atoms with Gasteiger partial charge in [0.1, 0.15) is 0 Å². The van der Waals surface area contributed by atoms with E-state index in [1.165, 1.54) is 0 Å². The Balaban J connectivity index is 3.77. The standard InChI is InChI=1S/C13H9Cl10/c1-6(2)9-7(10(14,15)12(18,19)20)4-3-5-8(9)11(16,17)13(21,22)23/h3-5H,1-2H3. The second-order valence-corrected chi connectivity index (χ2v) is 12.1. The Hall–Kier alpha value is 2.12. The van der Waals surface area contributed by atoms with Crippen molar-refractivity contribution in [1.82, 2.24) is 0 Å². The summed E-state index contributed by atoms with van der Waals surface area (Å²) >= 11 is 60.6. The topological polar surface area (TPSA) is 0 Å². The van der Waals surface area contributed by atoms with E-state index in [-0.39, 0.29) is 11.1 Å². The van der Waals surface area contributed by atoms with Crippen LogP contribution in [-0.4, -0.2) is 7.59 Å². The van der Waals surface area contributed by atoms with Gasteiger partial charge in [-0.3, -0.25) is 0 Å². The van der Waals surface area contributed by atoms with Crippen LogP contribution in [0.3, 0.4) is 0 Å². The Morgan fingerprint density at radius 2 is 0.957 bits per heavy atom. The van der Waals surface area contributed by atoms with Crippen molar-refractivity contribution < 1.29 is 0 Å². The van der Waals surface area contributed by atoms with Gasteiger partial charge in [0.05, 0.1) is 0 Å². The number of benzene rings is 1. The zero-order chi connectivity index (χ0) is 18.4. The lowest BCUT2D eigenvalue weighted by molar-refractivity contribution is 0.818. The fourth-order valence-electron chi connectivity index (χ4n) is 1.92. The van der Waals surface area contributed by atoms with Crippen molar-refractivity contribution in [1.29, 1.82) is 0 Å². The molecular weight excluding hydrogens is 511 g/mol. The first kappa shape index (κ1) is 23.2. The minimum absolute atomic E-state index is 0.276. The van der Waals surface area contributed by atoms with Crippen LogP contribution in [0, 0.1) is 5.92 Å². The van der Waals surface area contributed by atoms with E-state index in [9.17, 15) is 0 Å². The van der Waals surface area contributed by atoms with Crippen LogP contribution in [-0.2, 0) is 8.67 Å². The van der Waals surface area contributed by atoms with Crippen LogP contribution >= 0.6 is 116 Å². The Bertz CT molecular complexity index is 521. The first-order valence-electron chi connectivity index (χ1n) is 5.88. The first-order valence-corrected chi connectivity index (χ1v) is 9.66. The molecule has 0 bridgehead atoms. The average Bonchev–Trinajstić information content (AvgIpc) is 2.34. The molecule has 0 spiro atoms. The third kappa shape index (κ3) is 4.70. The molecule has 0 nitrogen and oxygen atoms in total. The van der Waals surface area contributed by atoms with Gasteiger partial charge in [-0.15, -0.1) is 0 Å². The van der Waals surface area contributed by atoms with Gasteiger partial charge >= 0.3 is 0 Å². The summed E-state index contributed by atoms with van der Waals surface area (Å²) in [4.78, 5) is 0. The zero-order valence-electron chi connectivity index (χ0n) is 11.5. The van der Waals surface area contributed by atoms with Crippen LogP contribution in [0.4, 0.5) is 0 Å². The third-order valence-corrected chi connectivity index (χ3v) is 7.76. The normalized spacial score (nSPS) is 14.5. The van der Waals surface area contributed by atoms with E-state index in [2.05, 4.69) is 0 Å². The highest BCUT2D eigenvalue weighted by Crippen LogP contribution is 2.58. The highest BCUT2D eigenvalue weighted by molar-refractivity contribution is 6.76. The Kier molecular flexibility index (Phi) is 7.68. The van der Waals surface area contributed by atoms with Gasteiger partial charge in [-0.1, -0.05) is 148 Å². The van der Waals surface area contributed by atoms with Crippen LogP contribution in [0.25, 0.3) is 0 Å².